The predicted octanol–water partition coefficient (Wildman–Crippen LogP) is 2.75. The van der Waals surface area contributed by atoms with Crippen molar-refractivity contribution in [1.82, 2.24) is 5.32 Å². The third-order valence-corrected chi connectivity index (χ3v) is 3.81. The maximum absolute atomic E-state index is 9.34. The van der Waals surface area contributed by atoms with Crippen molar-refractivity contribution in [2.24, 2.45) is 11.3 Å². The molecule has 1 atom stereocenters. The van der Waals surface area contributed by atoms with Crippen LogP contribution >= 0.6 is 0 Å². The highest BCUT2D eigenvalue weighted by Gasteiger charge is 2.42. The highest BCUT2D eigenvalue weighted by atomic mass is 16.3. The molecule has 2 rings (SSSR count). The Morgan fingerprint density at radius 3 is 2.35 bits per heavy atom. The summed E-state index contributed by atoms with van der Waals surface area (Å²) in [7, 11) is 0. The Morgan fingerprint density at radius 1 is 1.24 bits per heavy atom. The molecule has 0 spiro atoms. The van der Waals surface area contributed by atoms with Crippen LogP contribution in [0.25, 0.3) is 0 Å². The second kappa shape index (κ2) is 5.19. The Labute approximate surface area is 104 Å². The molecule has 94 valence electrons. The van der Waals surface area contributed by atoms with Crippen LogP contribution in [0, 0.1) is 11.3 Å². The number of hydrogen-bond acceptors (Lipinski definition) is 2. The van der Waals surface area contributed by atoms with Crippen molar-refractivity contribution in [2.45, 2.75) is 32.7 Å². The summed E-state index contributed by atoms with van der Waals surface area (Å²) in [5, 5.41) is 13.0. The third kappa shape index (κ3) is 3.08. The standard InChI is InChI=1S/C15H23NO/c1-12(2)14(13-6-4-3-5-7-13)16-10-15(11-17)8-9-15/h3-7,12,14,16-17H,8-11H2,1-2H3. The molecule has 17 heavy (non-hydrogen) atoms. The van der Waals surface area contributed by atoms with Crippen LogP contribution < -0.4 is 5.32 Å². The molecule has 1 aromatic rings. The van der Waals surface area contributed by atoms with E-state index in [-0.39, 0.29) is 5.41 Å². The number of aliphatic hydroxyl groups is 1. The lowest BCUT2D eigenvalue weighted by atomic mass is 9.95. The summed E-state index contributed by atoms with van der Waals surface area (Å²) in [6.07, 6.45) is 2.33. The minimum absolute atomic E-state index is 0.182. The summed E-state index contributed by atoms with van der Waals surface area (Å²) < 4.78 is 0. The van der Waals surface area contributed by atoms with E-state index in [1.54, 1.807) is 0 Å². The Hall–Kier alpha value is -0.860. The summed E-state index contributed by atoms with van der Waals surface area (Å²) in [5.41, 5.74) is 1.53. The molecule has 1 saturated carbocycles. The number of benzene rings is 1. The van der Waals surface area contributed by atoms with Gasteiger partial charge in [-0.15, -0.1) is 0 Å². The normalized spacial score (nSPS) is 19.3. The van der Waals surface area contributed by atoms with Gasteiger partial charge in [-0.1, -0.05) is 44.2 Å². The largest absolute Gasteiger partial charge is 0.396 e. The molecule has 0 heterocycles. The zero-order valence-electron chi connectivity index (χ0n) is 10.8. The van der Waals surface area contributed by atoms with Crippen molar-refractivity contribution >= 4 is 0 Å². The van der Waals surface area contributed by atoms with E-state index >= 15 is 0 Å². The minimum Gasteiger partial charge on any atom is -0.396 e. The Balaban J connectivity index is 1.99. The van der Waals surface area contributed by atoms with E-state index in [4.69, 9.17) is 0 Å². The fourth-order valence-electron chi connectivity index (χ4n) is 2.29. The van der Waals surface area contributed by atoms with Gasteiger partial charge in [0.15, 0.2) is 0 Å². The Bertz CT molecular complexity index is 343. The van der Waals surface area contributed by atoms with Gasteiger partial charge in [0.05, 0.1) is 0 Å². The summed E-state index contributed by atoms with van der Waals surface area (Å²) in [6.45, 7) is 5.73. The van der Waals surface area contributed by atoms with Crippen LogP contribution in [-0.4, -0.2) is 18.3 Å². The molecule has 0 amide bonds. The van der Waals surface area contributed by atoms with Gasteiger partial charge in [-0.05, 0) is 24.3 Å². The summed E-state index contributed by atoms with van der Waals surface area (Å²) >= 11 is 0. The first-order chi connectivity index (χ1) is 8.17. The van der Waals surface area contributed by atoms with Crippen molar-refractivity contribution in [3.8, 4) is 0 Å². The second-order valence-corrected chi connectivity index (χ2v) is 5.67. The van der Waals surface area contributed by atoms with E-state index in [2.05, 4.69) is 49.5 Å². The lowest BCUT2D eigenvalue weighted by molar-refractivity contribution is 0.200. The van der Waals surface area contributed by atoms with Gasteiger partial charge < -0.3 is 10.4 Å². The first kappa shape index (κ1) is 12.6. The topological polar surface area (TPSA) is 32.3 Å². The molecule has 0 radical (unpaired) electrons. The molecular formula is C15H23NO. The van der Waals surface area contributed by atoms with Crippen molar-refractivity contribution in [2.75, 3.05) is 13.2 Å². The van der Waals surface area contributed by atoms with Crippen LogP contribution in [-0.2, 0) is 0 Å². The summed E-state index contributed by atoms with van der Waals surface area (Å²) in [5.74, 6) is 0.562. The van der Waals surface area contributed by atoms with Gasteiger partial charge in [-0.3, -0.25) is 0 Å². The fraction of sp³-hybridized carbons (Fsp3) is 0.600. The highest BCUT2D eigenvalue weighted by Crippen LogP contribution is 2.44. The highest BCUT2D eigenvalue weighted by molar-refractivity contribution is 5.19. The zero-order chi connectivity index (χ0) is 12.3. The van der Waals surface area contributed by atoms with E-state index < -0.39 is 0 Å². The molecule has 2 nitrogen and oxygen atoms in total. The van der Waals surface area contributed by atoms with Crippen molar-refractivity contribution in [3.63, 3.8) is 0 Å². The number of rotatable bonds is 6. The molecule has 2 N–H and O–H groups in total. The van der Waals surface area contributed by atoms with Crippen LogP contribution in [0.3, 0.4) is 0 Å². The van der Waals surface area contributed by atoms with Crippen LogP contribution in [0.2, 0.25) is 0 Å². The zero-order valence-corrected chi connectivity index (χ0v) is 10.8. The van der Waals surface area contributed by atoms with E-state index in [9.17, 15) is 5.11 Å². The Morgan fingerprint density at radius 2 is 1.88 bits per heavy atom. The molecule has 1 aliphatic rings. The van der Waals surface area contributed by atoms with Crippen LogP contribution in [0.5, 0.6) is 0 Å². The molecule has 0 aliphatic heterocycles. The van der Waals surface area contributed by atoms with Gasteiger partial charge in [-0.25, -0.2) is 0 Å². The van der Waals surface area contributed by atoms with Gasteiger partial charge in [0.25, 0.3) is 0 Å². The van der Waals surface area contributed by atoms with Gasteiger partial charge >= 0.3 is 0 Å². The lowest BCUT2D eigenvalue weighted by Gasteiger charge is -2.25. The van der Waals surface area contributed by atoms with E-state index in [1.165, 1.54) is 5.56 Å². The van der Waals surface area contributed by atoms with E-state index in [1.807, 2.05) is 0 Å². The molecule has 1 aliphatic carbocycles. The lowest BCUT2D eigenvalue weighted by Crippen LogP contribution is -2.32. The molecule has 1 unspecified atom stereocenters. The van der Waals surface area contributed by atoms with Crippen LogP contribution in [0.1, 0.15) is 38.3 Å². The van der Waals surface area contributed by atoms with Crippen LogP contribution in [0.4, 0.5) is 0 Å². The fourth-order valence-corrected chi connectivity index (χ4v) is 2.29. The second-order valence-electron chi connectivity index (χ2n) is 5.67. The number of nitrogens with one attached hydrogen (secondary N) is 1. The van der Waals surface area contributed by atoms with Crippen molar-refractivity contribution < 1.29 is 5.11 Å². The molecule has 2 heteroatoms. The summed E-state index contributed by atoms with van der Waals surface area (Å²) in [6, 6.07) is 11.0. The third-order valence-electron chi connectivity index (χ3n) is 3.81. The van der Waals surface area contributed by atoms with E-state index in [0.717, 1.165) is 19.4 Å². The molecular weight excluding hydrogens is 210 g/mol. The van der Waals surface area contributed by atoms with Gasteiger partial charge in [0, 0.05) is 24.6 Å². The minimum atomic E-state index is 0.182. The Kier molecular flexibility index (Phi) is 3.85. The van der Waals surface area contributed by atoms with Crippen molar-refractivity contribution in [1.29, 1.82) is 0 Å². The monoisotopic (exact) mass is 233 g/mol. The first-order valence-electron chi connectivity index (χ1n) is 6.56. The number of hydrogen-bond donors (Lipinski definition) is 2. The molecule has 0 bridgehead atoms. The SMILES string of the molecule is CC(C)C(NCC1(CO)CC1)c1ccccc1. The number of aliphatic hydroxyl groups excluding tert-OH is 1. The van der Waals surface area contributed by atoms with Crippen molar-refractivity contribution in [3.05, 3.63) is 35.9 Å². The first-order valence-corrected chi connectivity index (χ1v) is 6.56. The maximum Gasteiger partial charge on any atom is 0.0499 e. The van der Waals surface area contributed by atoms with Gasteiger partial charge in [0.1, 0.15) is 0 Å². The van der Waals surface area contributed by atoms with Gasteiger partial charge in [-0.2, -0.15) is 0 Å². The van der Waals surface area contributed by atoms with E-state index in [0.29, 0.717) is 18.6 Å². The molecule has 0 aromatic heterocycles. The average molecular weight is 233 g/mol. The predicted molar refractivity (Wildman–Crippen MR) is 70.8 cm³/mol. The molecule has 1 aromatic carbocycles. The van der Waals surface area contributed by atoms with Gasteiger partial charge in [0.2, 0.25) is 0 Å². The molecule has 1 fully saturated rings. The summed E-state index contributed by atoms with van der Waals surface area (Å²) in [4.78, 5) is 0. The smallest absolute Gasteiger partial charge is 0.0499 e. The molecule has 0 saturated heterocycles. The average Bonchev–Trinajstić information content (AvgIpc) is 3.11. The van der Waals surface area contributed by atoms with Crippen LogP contribution in [0.15, 0.2) is 30.3 Å². The quantitative estimate of drug-likeness (QED) is 0.792. The maximum atomic E-state index is 9.34.